The fourth-order valence-electron chi connectivity index (χ4n) is 1.77. The van der Waals surface area contributed by atoms with Gasteiger partial charge in [0, 0.05) is 23.5 Å². The summed E-state index contributed by atoms with van der Waals surface area (Å²) in [6.45, 7) is 0. The predicted octanol–water partition coefficient (Wildman–Crippen LogP) is 2.13. The van der Waals surface area contributed by atoms with Crippen molar-refractivity contribution in [2.24, 2.45) is 0 Å². The zero-order valence-corrected chi connectivity index (χ0v) is 7.69. The fourth-order valence-corrected chi connectivity index (χ4v) is 1.77. The second kappa shape index (κ2) is 2.54. The van der Waals surface area contributed by atoms with Crippen molar-refractivity contribution >= 4 is 0 Å². The van der Waals surface area contributed by atoms with Gasteiger partial charge in [-0.25, -0.2) is 9.97 Å². The molecule has 4 rings (SSSR count). The molecule has 0 saturated heterocycles. The van der Waals surface area contributed by atoms with Gasteiger partial charge in [0.25, 0.3) is 0 Å². The summed E-state index contributed by atoms with van der Waals surface area (Å²) in [5.74, 6) is 1.59. The third-order valence-electron chi connectivity index (χ3n) is 2.42. The number of para-hydroxylation sites is 1. The molecule has 4 bridgehead atoms. The van der Waals surface area contributed by atoms with Crippen molar-refractivity contribution in [2.45, 2.75) is 0 Å². The summed E-state index contributed by atoms with van der Waals surface area (Å²) < 4.78 is 5.38. The van der Waals surface area contributed by atoms with Gasteiger partial charge in [-0.2, -0.15) is 0 Å². The monoisotopic (exact) mass is 184 g/mol. The number of hydrogen-bond acceptors (Lipinski definition) is 3. The van der Waals surface area contributed by atoms with Crippen LogP contribution in [0.5, 0.6) is 5.75 Å². The zero-order chi connectivity index (χ0) is 9.54. The molecule has 0 saturated carbocycles. The van der Waals surface area contributed by atoms with Gasteiger partial charge in [-0.15, -0.1) is 0 Å². The van der Waals surface area contributed by atoms with E-state index in [0.717, 1.165) is 28.3 Å². The van der Waals surface area contributed by atoms with Crippen molar-refractivity contribution in [3.8, 4) is 28.3 Å². The van der Waals surface area contributed by atoms with Crippen LogP contribution in [0, 0.1) is 0 Å². The lowest BCUT2D eigenvalue weighted by Crippen LogP contribution is -1.88. The first-order chi connectivity index (χ1) is 6.90. The first kappa shape index (κ1) is 7.50. The number of nitrogens with zero attached hydrogens (tertiary/aromatic N) is 2. The molecule has 3 heterocycles. The number of methoxy groups -OCH3 is 1. The maximum absolute atomic E-state index is 5.38. The molecule has 0 fully saturated rings. The highest BCUT2D eigenvalue weighted by molar-refractivity contribution is 5.82. The van der Waals surface area contributed by atoms with E-state index in [9.17, 15) is 0 Å². The molecule has 2 aliphatic rings. The van der Waals surface area contributed by atoms with Crippen molar-refractivity contribution in [1.82, 2.24) is 9.97 Å². The Kier molecular flexibility index (Phi) is 1.36. The smallest absolute Gasteiger partial charge is 0.162 e. The minimum atomic E-state index is 0.727. The second-order valence-corrected chi connectivity index (χ2v) is 3.18. The first-order valence-corrected chi connectivity index (χ1v) is 4.40. The van der Waals surface area contributed by atoms with E-state index in [1.54, 1.807) is 7.11 Å². The summed E-state index contributed by atoms with van der Waals surface area (Å²) in [6, 6.07) is 5.99. The Hall–Kier alpha value is -1.90. The number of rotatable bonds is 1. The lowest BCUT2D eigenvalue weighted by Gasteiger charge is -2.07. The Morgan fingerprint density at radius 2 is 1.79 bits per heavy atom. The Bertz CT molecular complexity index is 450. The van der Waals surface area contributed by atoms with Crippen LogP contribution in [0.1, 0.15) is 0 Å². The van der Waals surface area contributed by atoms with Crippen LogP contribution < -0.4 is 4.74 Å². The van der Waals surface area contributed by atoms with Crippen molar-refractivity contribution in [3.05, 3.63) is 30.6 Å². The number of ether oxygens (including phenoxy) is 1. The van der Waals surface area contributed by atoms with Crippen LogP contribution in [-0.2, 0) is 0 Å². The Morgan fingerprint density at radius 1 is 1.07 bits per heavy atom. The minimum Gasteiger partial charge on any atom is -0.495 e. The molecule has 3 heteroatoms. The number of hydrogen-bond donors (Lipinski definition) is 0. The van der Waals surface area contributed by atoms with Gasteiger partial charge in [-0.05, 0) is 6.07 Å². The van der Waals surface area contributed by atoms with Crippen molar-refractivity contribution in [1.29, 1.82) is 0 Å². The van der Waals surface area contributed by atoms with Crippen molar-refractivity contribution < 1.29 is 4.74 Å². The van der Waals surface area contributed by atoms with Gasteiger partial charge in [0.1, 0.15) is 5.75 Å². The quantitative estimate of drug-likeness (QED) is 0.581. The molecule has 0 N–H and O–H groups in total. The molecule has 0 amide bonds. The number of benzene rings is 1. The van der Waals surface area contributed by atoms with Crippen LogP contribution >= 0.6 is 0 Å². The third-order valence-corrected chi connectivity index (χ3v) is 2.42. The van der Waals surface area contributed by atoms with E-state index < -0.39 is 0 Å². The average Bonchev–Trinajstić information content (AvgIpc) is 2.39. The minimum absolute atomic E-state index is 0.727. The maximum Gasteiger partial charge on any atom is 0.162 e. The molecule has 3 nitrogen and oxygen atoms in total. The molecule has 1 aromatic heterocycles. The Labute approximate surface area is 81.4 Å². The molecule has 2 aliphatic heterocycles. The molecule has 2 aromatic rings. The highest BCUT2D eigenvalue weighted by Crippen LogP contribution is 2.39. The average molecular weight is 184 g/mol. The molecule has 0 radical (unpaired) electrons. The van der Waals surface area contributed by atoms with Gasteiger partial charge >= 0.3 is 0 Å². The zero-order valence-electron chi connectivity index (χ0n) is 7.69. The summed E-state index contributed by atoms with van der Waals surface area (Å²) in [5.41, 5.74) is 3.03. The lowest BCUT2D eigenvalue weighted by molar-refractivity contribution is 0.418. The van der Waals surface area contributed by atoms with Gasteiger partial charge in [-0.1, -0.05) is 12.1 Å². The summed E-state index contributed by atoms with van der Waals surface area (Å²) >= 11 is 0. The Balaban J connectivity index is 2.48. The van der Waals surface area contributed by atoms with Crippen LogP contribution in [-0.4, -0.2) is 17.1 Å². The van der Waals surface area contributed by atoms with Crippen molar-refractivity contribution in [3.63, 3.8) is 0 Å². The molecule has 0 atom stereocenters. The molecule has 0 unspecified atom stereocenters. The Morgan fingerprint density at radius 3 is 2.50 bits per heavy atom. The van der Waals surface area contributed by atoms with E-state index in [1.807, 2.05) is 30.6 Å². The molecule has 0 aliphatic carbocycles. The summed E-state index contributed by atoms with van der Waals surface area (Å²) in [6.07, 6.45) is 3.65. The molecular formula is C11H8N2O. The third kappa shape index (κ3) is 0.812. The van der Waals surface area contributed by atoms with Crippen LogP contribution in [0.3, 0.4) is 0 Å². The van der Waals surface area contributed by atoms with Gasteiger partial charge < -0.3 is 4.74 Å². The maximum atomic E-state index is 5.38. The molecule has 1 aromatic carbocycles. The van der Waals surface area contributed by atoms with E-state index in [4.69, 9.17) is 4.74 Å². The van der Waals surface area contributed by atoms with Gasteiger partial charge in [0.15, 0.2) is 5.82 Å². The van der Waals surface area contributed by atoms with E-state index in [0.29, 0.717) is 0 Å². The van der Waals surface area contributed by atoms with Crippen LogP contribution in [0.25, 0.3) is 22.5 Å². The molecule has 0 spiro atoms. The first-order valence-electron chi connectivity index (χ1n) is 4.40. The SMILES string of the molecule is COc1c2cccc1-c1ncc-2cn1. The molecule has 14 heavy (non-hydrogen) atoms. The molecule has 68 valence electrons. The summed E-state index contributed by atoms with van der Waals surface area (Å²) in [5, 5.41) is 0. The topological polar surface area (TPSA) is 35.0 Å². The second-order valence-electron chi connectivity index (χ2n) is 3.18. The fraction of sp³-hybridized carbons (Fsp3) is 0.0909. The summed E-state index contributed by atoms with van der Waals surface area (Å²) in [4.78, 5) is 8.52. The van der Waals surface area contributed by atoms with Gasteiger partial charge in [-0.3, -0.25) is 0 Å². The van der Waals surface area contributed by atoms with E-state index >= 15 is 0 Å². The van der Waals surface area contributed by atoms with Crippen LogP contribution in [0.2, 0.25) is 0 Å². The summed E-state index contributed by atoms with van der Waals surface area (Å²) in [7, 11) is 1.67. The predicted molar refractivity (Wildman–Crippen MR) is 53.0 cm³/mol. The largest absolute Gasteiger partial charge is 0.495 e. The normalized spacial score (nSPS) is 11.2. The molecular weight excluding hydrogens is 176 g/mol. The van der Waals surface area contributed by atoms with Gasteiger partial charge in [0.2, 0.25) is 0 Å². The highest BCUT2D eigenvalue weighted by Gasteiger charge is 2.18. The standard InChI is InChI=1S/C11H8N2O/c1-14-10-8-3-2-4-9(10)11-12-5-7(8)6-13-11/h2-6H,1H3. The van der Waals surface area contributed by atoms with Crippen molar-refractivity contribution in [2.75, 3.05) is 7.11 Å². The van der Waals surface area contributed by atoms with Crippen LogP contribution in [0.4, 0.5) is 0 Å². The van der Waals surface area contributed by atoms with E-state index in [2.05, 4.69) is 9.97 Å². The number of fused-ring (bicyclic) bond motifs is 2. The van der Waals surface area contributed by atoms with E-state index in [-0.39, 0.29) is 0 Å². The highest BCUT2D eigenvalue weighted by atomic mass is 16.5. The number of aromatic nitrogens is 2. The van der Waals surface area contributed by atoms with Crippen LogP contribution in [0.15, 0.2) is 30.6 Å². The van der Waals surface area contributed by atoms with Gasteiger partial charge in [0.05, 0.1) is 12.7 Å². The lowest BCUT2D eigenvalue weighted by atomic mass is 10.1. The van der Waals surface area contributed by atoms with E-state index in [1.165, 1.54) is 0 Å².